The Balaban J connectivity index is 1.73. The third-order valence-electron chi connectivity index (χ3n) is 4.46. The Bertz CT molecular complexity index is 705. The predicted molar refractivity (Wildman–Crippen MR) is 94.6 cm³/mol. The average Bonchev–Trinajstić information content (AvgIpc) is 3.01. The highest BCUT2D eigenvalue weighted by molar-refractivity contribution is 5.46. The van der Waals surface area contributed by atoms with Crippen molar-refractivity contribution in [3.63, 3.8) is 0 Å². The van der Waals surface area contributed by atoms with Crippen LogP contribution in [0.1, 0.15) is 17.9 Å². The molecule has 136 valence electrons. The Morgan fingerprint density at radius 3 is 2.88 bits per heavy atom. The van der Waals surface area contributed by atoms with E-state index in [0.717, 1.165) is 43.5 Å². The molecule has 0 radical (unpaired) electrons. The first kappa shape index (κ1) is 17.5. The lowest BCUT2D eigenvalue weighted by Gasteiger charge is -2.41. The van der Waals surface area contributed by atoms with Gasteiger partial charge in [-0.05, 0) is 25.5 Å². The van der Waals surface area contributed by atoms with Crippen molar-refractivity contribution in [1.29, 1.82) is 0 Å². The molecule has 1 aliphatic heterocycles. The van der Waals surface area contributed by atoms with Gasteiger partial charge in [0.2, 0.25) is 11.8 Å². The number of hydrogen-bond donors (Lipinski definition) is 2. The molecule has 1 fully saturated rings. The largest absolute Gasteiger partial charge is 0.481 e. The zero-order valence-corrected chi connectivity index (χ0v) is 14.7. The third-order valence-corrected chi connectivity index (χ3v) is 4.46. The zero-order chi connectivity index (χ0) is 17.8. The van der Waals surface area contributed by atoms with E-state index < -0.39 is 0 Å². The van der Waals surface area contributed by atoms with Crippen molar-refractivity contribution in [1.82, 2.24) is 14.9 Å². The van der Waals surface area contributed by atoms with Crippen LogP contribution in [0.3, 0.4) is 0 Å². The van der Waals surface area contributed by atoms with E-state index in [1.54, 1.807) is 13.2 Å². The monoisotopic (exact) mass is 347 g/mol. The third kappa shape index (κ3) is 4.21. The molecule has 0 spiro atoms. The quantitative estimate of drug-likeness (QED) is 0.799. The number of anilines is 2. The summed E-state index contributed by atoms with van der Waals surface area (Å²) in [4.78, 5) is 12.9. The minimum Gasteiger partial charge on any atom is -0.481 e. The second-order valence-electron chi connectivity index (χ2n) is 6.22. The van der Waals surface area contributed by atoms with Crippen molar-refractivity contribution < 1.29 is 14.3 Å². The van der Waals surface area contributed by atoms with Crippen LogP contribution in [-0.2, 0) is 6.54 Å². The molecule has 3 rings (SSSR count). The number of aliphatic hydroxyl groups excluding tert-OH is 1. The maximum atomic E-state index is 9.46. The first-order chi connectivity index (χ1) is 12.1. The SMILES string of the molecule is COc1cc(N2CCN(Cc3ccc(C)o3)[C@@H](CCO)C2)nc(N)n1. The van der Waals surface area contributed by atoms with Crippen LogP contribution in [0.15, 0.2) is 22.6 Å². The van der Waals surface area contributed by atoms with Crippen molar-refractivity contribution in [3.05, 3.63) is 29.7 Å². The van der Waals surface area contributed by atoms with E-state index in [-0.39, 0.29) is 18.6 Å². The number of aromatic nitrogens is 2. The molecule has 0 aromatic carbocycles. The second-order valence-corrected chi connectivity index (χ2v) is 6.22. The van der Waals surface area contributed by atoms with E-state index in [1.165, 1.54) is 0 Å². The molecule has 1 saturated heterocycles. The number of nitrogens with two attached hydrogens (primary N) is 1. The highest BCUT2D eigenvalue weighted by atomic mass is 16.5. The minimum absolute atomic E-state index is 0.140. The molecule has 0 saturated carbocycles. The topological polar surface area (TPSA) is 101 Å². The number of aryl methyl sites for hydroxylation is 1. The number of furan rings is 1. The number of hydrogen-bond acceptors (Lipinski definition) is 8. The molecule has 0 aliphatic carbocycles. The number of ether oxygens (including phenoxy) is 1. The molecule has 0 unspecified atom stereocenters. The van der Waals surface area contributed by atoms with Crippen molar-refractivity contribution in [2.75, 3.05) is 44.0 Å². The Morgan fingerprint density at radius 1 is 1.36 bits per heavy atom. The maximum Gasteiger partial charge on any atom is 0.225 e. The number of nitrogens with zero attached hydrogens (tertiary/aromatic N) is 4. The van der Waals surface area contributed by atoms with Gasteiger partial charge in [-0.2, -0.15) is 9.97 Å². The fourth-order valence-electron chi connectivity index (χ4n) is 3.20. The molecule has 3 heterocycles. The van der Waals surface area contributed by atoms with Gasteiger partial charge in [0.1, 0.15) is 17.3 Å². The lowest BCUT2D eigenvalue weighted by Crippen LogP contribution is -2.53. The molecule has 1 aliphatic rings. The normalized spacial score (nSPS) is 18.5. The highest BCUT2D eigenvalue weighted by Gasteiger charge is 2.28. The van der Waals surface area contributed by atoms with E-state index >= 15 is 0 Å². The average molecular weight is 347 g/mol. The molecule has 8 nitrogen and oxygen atoms in total. The lowest BCUT2D eigenvalue weighted by molar-refractivity contribution is 0.126. The van der Waals surface area contributed by atoms with Gasteiger partial charge in [0.15, 0.2) is 0 Å². The molecule has 3 N–H and O–H groups in total. The first-order valence-corrected chi connectivity index (χ1v) is 8.42. The molecule has 25 heavy (non-hydrogen) atoms. The summed E-state index contributed by atoms with van der Waals surface area (Å²) >= 11 is 0. The minimum atomic E-state index is 0.140. The Hall–Kier alpha value is -2.32. The Morgan fingerprint density at radius 2 is 2.20 bits per heavy atom. The van der Waals surface area contributed by atoms with Crippen molar-refractivity contribution in [3.8, 4) is 5.88 Å². The lowest BCUT2D eigenvalue weighted by atomic mass is 10.1. The van der Waals surface area contributed by atoms with E-state index in [2.05, 4.69) is 19.8 Å². The highest BCUT2D eigenvalue weighted by Crippen LogP contribution is 2.24. The first-order valence-electron chi connectivity index (χ1n) is 8.42. The molecular formula is C17H25N5O3. The van der Waals surface area contributed by atoms with E-state index in [4.69, 9.17) is 14.9 Å². The van der Waals surface area contributed by atoms with Gasteiger partial charge in [-0.15, -0.1) is 0 Å². The summed E-state index contributed by atoms with van der Waals surface area (Å²) in [6, 6.07) is 5.97. The van der Waals surface area contributed by atoms with Crippen LogP contribution in [0.25, 0.3) is 0 Å². The van der Waals surface area contributed by atoms with Crippen LogP contribution in [0, 0.1) is 6.92 Å². The summed E-state index contributed by atoms with van der Waals surface area (Å²) in [7, 11) is 1.56. The van der Waals surface area contributed by atoms with Gasteiger partial charge in [-0.1, -0.05) is 0 Å². The van der Waals surface area contributed by atoms with Gasteiger partial charge in [0.05, 0.1) is 13.7 Å². The summed E-state index contributed by atoms with van der Waals surface area (Å²) in [6.07, 6.45) is 0.688. The molecular weight excluding hydrogens is 322 g/mol. The summed E-state index contributed by atoms with van der Waals surface area (Å²) in [5.74, 6) is 3.26. The summed E-state index contributed by atoms with van der Waals surface area (Å²) in [5, 5.41) is 9.46. The van der Waals surface area contributed by atoms with Gasteiger partial charge in [-0.3, -0.25) is 4.90 Å². The summed E-state index contributed by atoms with van der Waals surface area (Å²) in [5.41, 5.74) is 5.78. The number of aliphatic hydroxyl groups is 1. The van der Waals surface area contributed by atoms with Crippen LogP contribution in [0.4, 0.5) is 11.8 Å². The standard InChI is InChI=1S/C17H25N5O3/c1-12-3-4-14(25-12)11-21-6-7-22(10-13(21)5-8-23)15-9-16(24-2)20-17(18)19-15/h3-4,9,13,23H,5-8,10-11H2,1-2H3,(H2,18,19,20)/t13-/m0/s1. The summed E-state index contributed by atoms with van der Waals surface area (Å²) in [6.45, 7) is 5.22. The Labute approximate surface area is 147 Å². The molecule has 0 bridgehead atoms. The van der Waals surface area contributed by atoms with Gasteiger partial charge >= 0.3 is 0 Å². The van der Waals surface area contributed by atoms with E-state index in [9.17, 15) is 5.11 Å². The fourth-order valence-corrected chi connectivity index (χ4v) is 3.20. The van der Waals surface area contributed by atoms with Crippen LogP contribution >= 0.6 is 0 Å². The maximum absolute atomic E-state index is 9.46. The van der Waals surface area contributed by atoms with Gasteiger partial charge in [0, 0.05) is 38.3 Å². The number of piperazine rings is 1. The molecule has 8 heteroatoms. The van der Waals surface area contributed by atoms with Gasteiger partial charge < -0.3 is 24.9 Å². The van der Waals surface area contributed by atoms with Gasteiger partial charge in [0.25, 0.3) is 0 Å². The van der Waals surface area contributed by atoms with Crippen LogP contribution < -0.4 is 15.4 Å². The van der Waals surface area contributed by atoms with Gasteiger partial charge in [-0.25, -0.2) is 0 Å². The van der Waals surface area contributed by atoms with E-state index in [0.29, 0.717) is 12.3 Å². The zero-order valence-electron chi connectivity index (χ0n) is 14.7. The van der Waals surface area contributed by atoms with Crippen molar-refractivity contribution in [2.24, 2.45) is 0 Å². The summed E-state index contributed by atoms with van der Waals surface area (Å²) < 4.78 is 10.9. The molecule has 2 aromatic rings. The van der Waals surface area contributed by atoms with Crippen LogP contribution in [-0.4, -0.2) is 59.4 Å². The fraction of sp³-hybridized carbons (Fsp3) is 0.529. The second kappa shape index (κ2) is 7.71. The van der Waals surface area contributed by atoms with E-state index in [1.807, 2.05) is 19.1 Å². The Kier molecular flexibility index (Phi) is 5.40. The molecule has 2 aromatic heterocycles. The van der Waals surface area contributed by atoms with Crippen LogP contribution in [0.5, 0.6) is 5.88 Å². The smallest absolute Gasteiger partial charge is 0.225 e. The number of nitrogen functional groups attached to an aromatic ring is 1. The molecule has 0 amide bonds. The molecule has 1 atom stereocenters. The van der Waals surface area contributed by atoms with Crippen molar-refractivity contribution >= 4 is 11.8 Å². The number of methoxy groups -OCH3 is 1. The predicted octanol–water partition coefficient (Wildman–Crippen LogP) is 1.04. The van der Waals surface area contributed by atoms with Crippen LogP contribution in [0.2, 0.25) is 0 Å². The van der Waals surface area contributed by atoms with Crippen molar-refractivity contribution in [2.45, 2.75) is 25.9 Å². The number of rotatable bonds is 6.